The summed E-state index contributed by atoms with van der Waals surface area (Å²) in [6.07, 6.45) is 3.52. The molecule has 2 aromatic heterocycles. The summed E-state index contributed by atoms with van der Waals surface area (Å²) in [4.78, 5) is 31.3. The van der Waals surface area contributed by atoms with Gasteiger partial charge in [-0.2, -0.15) is 10.1 Å². The van der Waals surface area contributed by atoms with Gasteiger partial charge in [0.1, 0.15) is 0 Å². The largest absolute Gasteiger partial charge is 0.329 e. The molecule has 0 fully saturated rings. The van der Waals surface area contributed by atoms with E-state index < -0.39 is 11.2 Å². The van der Waals surface area contributed by atoms with Crippen LogP contribution in [0.4, 0.5) is 5.95 Å². The van der Waals surface area contributed by atoms with Crippen molar-refractivity contribution in [1.29, 1.82) is 0 Å². The van der Waals surface area contributed by atoms with Gasteiger partial charge >= 0.3 is 5.69 Å². The summed E-state index contributed by atoms with van der Waals surface area (Å²) in [5, 5.41) is 4.24. The fourth-order valence-electron chi connectivity index (χ4n) is 3.14. The molecule has 2 heterocycles. The number of H-pyrrole nitrogens is 1. The van der Waals surface area contributed by atoms with Crippen molar-refractivity contribution < 1.29 is 0 Å². The maximum Gasteiger partial charge on any atom is 0.329 e. The number of allylic oxidation sites excluding steroid dienone is 1. The number of hydrazone groups is 1. The lowest BCUT2D eigenvalue weighted by Gasteiger charge is -2.08. The molecule has 0 aliphatic rings. The highest BCUT2D eigenvalue weighted by Gasteiger charge is 2.17. The average molecular weight is 479 g/mol. The minimum atomic E-state index is -0.523. The van der Waals surface area contributed by atoms with Crippen LogP contribution in [0.15, 0.2) is 79.8 Å². The monoisotopic (exact) mass is 478 g/mol. The van der Waals surface area contributed by atoms with Crippen molar-refractivity contribution in [1.82, 2.24) is 19.1 Å². The number of aromatic amines is 1. The van der Waals surface area contributed by atoms with Crippen LogP contribution in [0.5, 0.6) is 0 Å². The van der Waals surface area contributed by atoms with Gasteiger partial charge in [-0.3, -0.25) is 18.9 Å². The molecule has 0 aliphatic heterocycles. The smallest absolute Gasteiger partial charge is 0.298 e. The molecule has 0 amide bonds. The molecule has 8 nitrogen and oxygen atoms in total. The van der Waals surface area contributed by atoms with Crippen LogP contribution >= 0.6 is 15.9 Å². The van der Waals surface area contributed by atoms with E-state index in [1.54, 1.807) is 17.8 Å². The van der Waals surface area contributed by atoms with Crippen LogP contribution in [0.2, 0.25) is 0 Å². The van der Waals surface area contributed by atoms with Crippen LogP contribution < -0.4 is 16.7 Å². The minimum absolute atomic E-state index is 0.279. The second kappa shape index (κ2) is 8.97. The molecule has 0 radical (unpaired) electrons. The van der Waals surface area contributed by atoms with Gasteiger partial charge < -0.3 is 0 Å². The Kier molecular flexibility index (Phi) is 5.94. The topological polar surface area (TPSA) is 97.1 Å². The first-order chi connectivity index (χ1) is 15.0. The van der Waals surface area contributed by atoms with E-state index in [-0.39, 0.29) is 5.65 Å². The molecule has 0 aliphatic carbocycles. The highest BCUT2D eigenvalue weighted by Crippen LogP contribution is 2.18. The van der Waals surface area contributed by atoms with E-state index in [2.05, 4.69) is 36.4 Å². The summed E-state index contributed by atoms with van der Waals surface area (Å²) in [6, 6.07) is 19.5. The van der Waals surface area contributed by atoms with E-state index in [1.807, 2.05) is 66.7 Å². The summed E-state index contributed by atoms with van der Waals surface area (Å²) in [5.74, 6) is 0.349. The maximum absolute atomic E-state index is 12.5. The molecular weight excluding hydrogens is 460 g/mol. The summed E-state index contributed by atoms with van der Waals surface area (Å²) < 4.78 is 3.76. The van der Waals surface area contributed by atoms with Crippen LogP contribution in [0.25, 0.3) is 17.2 Å². The first-order valence-electron chi connectivity index (χ1n) is 9.48. The van der Waals surface area contributed by atoms with Gasteiger partial charge in [-0.25, -0.2) is 10.2 Å². The highest BCUT2D eigenvalue weighted by atomic mass is 79.9. The second-order valence-corrected chi connectivity index (χ2v) is 7.72. The van der Waals surface area contributed by atoms with Crippen molar-refractivity contribution in [2.24, 2.45) is 12.1 Å². The van der Waals surface area contributed by atoms with Crippen LogP contribution in [-0.2, 0) is 13.6 Å². The predicted molar refractivity (Wildman–Crippen MR) is 127 cm³/mol. The molecule has 0 unspecified atom stereocenters. The van der Waals surface area contributed by atoms with Crippen molar-refractivity contribution in [3.05, 3.63) is 97.1 Å². The lowest BCUT2D eigenvalue weighted by molar-refractivity contribution is 0.808. The number of benzene rings is 2. The molecule has 0 spiro atoms. The second-order valence-electron chi connectivity index (χ2n) is 6.81. The zero-order valence-electron chi connectivity index (χ0n) is 16.6. The van der Waals surface area contributed by atoms with Crippen molar-refractivity contribution >= 4 is 45.3 Å². The van der Waals surface area contributed by atoms with Crippen LogP contribution in [-0.4, -0.2) is 25.3 Å². The zero-order valence-corrected chi connectivity index (χ0v) is 18.2. The molecule has 4 rings (SSSR count). The molecule has 2 aromatic carbocycles. The Morgan fingerprint density at radius 1 is 1.13 bits per heavy atom. The number of rotatable bonds is 6. The van der Waals surface area contributed by atoms with Crippen molar-refractivity contribution in [3.63, 3.8) is 0 Å². The number of nitrogens with zero attached hydrogens (tertiary/aromatic N) is 4. The number of aryl methyl sites for hydroxylation is 1. The number of halogens is 1. The van der Waals surface area contributed by atoms with E-state index in [0.717, 1.165) is 15.6 Å². The summed E-state index contributed by atoms with van der Waals surface area (Å²) >= 11 is 3.47. The zero-order chi connectivity index (χ0) is 21.8. The SMILES string of the molecule is Cn1c(=O)[nH]c(=O)c2c1nc(NN=CC(Br)=Cc1ccccc1)n2Cc1ccccc1. The van der Waals surface area contributed by atoms with Crippen molar-refractivity contribution in [2.75, 3.05) is 5.43 Å². The third kappa shape index (κ3) is 4.56. The Bertz CT molecular complexity index is 1380. The Hall–Kier alpha value is -3.72. The molecule has 31 heavy (non-hydrogen) atoms. The van der Waals surface area contributed by atoms with Gasteiger partial charge in [0.25, 0.3) is 5.56 Å². The fraction of sp³-hybridized carbons (Fsp3) is 0.0909. The third-order valence-corrected chi connectivity index (χ3v) is 5.08. The molecule has 4 aromatic rings. The van der Waals surface area contributed by atoms with E-state index in [4.69, 9.17) is 0 Å². The third-order valence-electron chi connectivity index (χ3n) is 4.65. The predicted octanol–water partition coefficient (Wildman–Crippen LogP) is 3.31. The number of imidazole rings is 1. The molecule has 0 bridgehead atoms. The lowest BCUT2D eigenvalue weighted by atomic mass is 10.2. The number of anilines is 1. The van der Waals surface area contributed by atoms with Gasteiger partial charge in [0, 0.05) is 11.5 Å². The van der Waals surface area contributed by atoms with Gasteiger partial charge in [-0.15, -0.1) is 0 Å². The fourth-order valence-corrected chi connectivity index (χ4v) is 3.50. The maximum atomic E-state index is 12.5. The first kappa shape index (κ1) is 20.5. The number of aromatic nitrogens is 4. The lowest BCUT2D eigenvalue weighted by Crippen LogP contribution is -2.29. The van der Waals surface area contributed by atoms with E-state index >= 15 is 0 Å². The quantitative estimate of drug-likeness (QED) is 0.328. The molecule has 0 atom stereocenters. The molecular formula is C22H19BrN6O2. The highest BCUT2D eigenvalue weighted by molar-refractivity contribution is 9.12. The molecule has 2 N–H and O–H groups in total. The van der Waals surface area contributed by atoms with Gasteiger partial charge in [0.05, 0.1) is 12.8 Å². The average Bonchev–Trinajstić information content (AvgIpc) is 3.12. The standard InChI is InChI=1S/C22H19BrN6O2/c1-28-19-18(20(30)26-22(28)31)29(14-16-10-6-3-7-11-16)21(25-19)27-24-13-17(23)12-15-8-4-2-5-9-15/h2-13H,14H2,1H3,(H,25,27)(H,26,30,31). The number of hydrogen-bond donors (Lipinski definition) is 2. The van der Waals surface area contributed by atoms with Gasteiger partial charge in [-0.1, -0.05) is 60.7 Å². The van der Waals surface area contributed by atoms with E-state index in [9.17, 15) is 9.59 Å². The molecule has 9 heteroatoms. The number of fused-ring (bicyclic) bond motifs is 1. The Balaban J connectivity index is 1.71. The minimum Gasteiger partial charge on any atom is -0.298 e. The van der Waals surface area contributed by atoms with E-state index in [1.165, 1.54) is 4.57 Å². The van der Waals surface area contributed by atoms with Crippen LogP contribution in [0.1, 0.15) is 11.1 Å². The molecule has 0 saturated heterocycles. The van der Waals surface area contributed by atoms with Gasteiger partial charge in [0.15, 0.2) is 11.2 Å². The van der Waals surface area contributed by atoms with Crippen molar-refractivity contribution in [2.45, 2.75) is 6.54 Å². The summed E-state index contributed by atoms with van der Waals surface area (Å²) in [5.41, 5.74) is 4.46. The number of nitrogens with one attached hydrogen (secondary N) is 2. The summed E-state index contributed by atoms with van der Waals surface area (Å²) in [7, 11) is 1.56. The van der Waals surface area contributed by atoms with Crippen LogP contribution in [0.3, 0.4) is 0 Å². The Morgan fingerprint density at radius 3 is 2.52 bits per heavy atom. The Morgan fingerprint density at radius 2 is 1.81 bits per heavy atom. The van der Waals surface area contributed by atoms with E-state index in [0.29, 0.717) is 18.0 Å². The Labute approximate surface area is 185 Å². The summed E-state index contributed by atoms with van der Waals surface area (Å²) in [6.45, 7) is 0.386. The normalized spacial score (nSPS) is 12.0. The number of hydrogen-bond acceptors (Lipinski definition) is 5. The first-order valence-corrected chi connectivity index (χ1v) is 10.3. The molecule has 0 saturated carbocycles. The van der Waals surface area contributed by atoms with Gasteiger partial charge in [0.2, 0.25) is 5.95 Å². The van der Waals surface area contributed by atoms with Crippen molar-refractivity contribution in [3.8, 4) is 0 Å². The molecule has 156 valence electrons. The van der Waals surface area contributed by atoms with Crippen LogP contribution in [0, 0.1) is 0 Å². The van der Waals surface area contributed by atoms with Gasteiger partial charge in [-0.05, 0) is 33.1 Å².